The number of fused-ring (bicyclic) bond motifs is 1. The van der Waals surface area contributed by atoms with Crippen LogP contribution in [0.1, 0.15) is 12.8 Å². The maximum absolute atomic E-state index is 12.4. The molecule has 1 unspecified atom stereocenters. The van der Waals surface area contributed by atoms with Crippen LogP contribution >= 0.6 is 0 Å². The molecule has 1 fully saturated rings. The predicted molar refractivity (Wildman–Crippen MR) is 115 cm³/mol. The highest BCUT2D eigenvalue weighted by Crippen LogP contribution is 2.34. The Morgan fingerprint density at radius 2 is 1.90 bits per heavy atom. The molecule has 0 radical (unpaired) electrons. The van der Waals surface area contributed by atoms with Gasteiger partial charge in [-0.15, -0.1) is 0 Å². The van der Waals surface area contributed by atoms with Crippen molar-refractivity contribution in [2.45, 2.75) is 18.9 Å². The molecule has 29 heavy (non-hydrogen) atoms. The molecule has 1 amide bonds. The molecule has 3 heterocycles. The highest BCUT2D eigenvalue weighted by Gasteiger charge is 2.22. The summed E-state index contributed by atoms with van der Waals surface area (Å²) in [4.78, 5) is 16.9. The Morgan fingerprint density at radius 1 is 1.03 bits per heavy atom. The topological polar surface area (TPSA) is 67.2 Å². The van der Waals surface area contributed by atoms with E-state index in [1.54, 1.807) is 6.20 Å². The molecule has 0 saturated carbocycles. The number of pyridine rings is 1. The molecule has 0 bridgehead atoms. The van der Waals surface area contributed by atoms with Crippen LogP contribution in [0.5, 0.6) is 0 Å². The molecule has 1 aliphatic heterocycles. The van der Waals surface area contributed by atoms with Crippen LogP contribution in [0.15, 0.2) is 77.3 Å². The van der Waals surface area contributed by atoms with Gasteiger partial charge >= 0.3 is 0 Å². The summed E-state index contributed by atoms with van der Waals surface area (Å²) in [5.41, 5.74) is 5.34. The molecule has 2 N–H and O–H groups in total. The molecule has 1 aliphatic rings. The molecule has 4 aromatic rings. The molecule has 1 saturated heterocycles. The van der Waals surface area contributed by atoms with Crippen molar-refractivity contribution < 1.29 is 9.21 Å². The monoisotopic (exact) mass is 383 g/mol. The highest BCUT2D eigenvalue weighted by molar-refractivity contribution is 5.96. The van der Waals surface area contributed by atoms with Gasteiger partial charge in [-0.25, -0.2) is 0 Å². The van der Waals surface area contributed by atoms with Crippen molar-refractivity contribution in [3.8, 4) is 22.5 Å². The fraction of sp³-hybridized carbons (Fsp3) is 0.167. The average Bonchev–Trinajstić information content (AvgIpc) is 3.44. The Kier molecular flexibility index (Phi) is 4.58. The van der Waals surface area contributed by atoms with Gasteiger partial charge in [-0.05, 0) is 43.1 Å². The summed E-state index contributed by atoms with van der Waals surface area (Å²) in [6.45, 7) is 0.897. The lowest BCUT2D eigenvalue weighted by atomic mass is 10.1. The second kappa shape index (κ2) is 7.53. The smallest absolute Gasteiger partial charge is 0.241 e. The van der Waals surface area contributed by atoms with Crippen LogP contribution < -0.4 is 10.6 Å². The fourth-order valence-electron chi connectivity index (χ4n) is 3.81. The van der Waals surface area contributed by atoms with Gasteiger partial charge in [0.1, 0.15) is 11.3 Å². The first-order valence-corrected chi connectivity index (χ1v) is 9.86. The molecule has 1 atom stereocenters. The Morgan fingerprint density at radius 3 is 2.72 bits per heavy atom. The van der Waals surface area contributed by atoms with E-state index in [-0.39, 0.29) is 11.9 Å². The number of benzene rings is 2. The number of amides is 1. The summed E-state index contributed by atoms with van der Waals surface area (Å²) >= 11 is 0. The lowest BCUT2D eigenvalue weighted by Crippen LogP contribution is -2.35. The van der Waals surface area contributed by atoms with Gasteiger partial charge in [-0.1, -0.05) is 42.5 Å². The van der Waals surface area contributed by atoms with Gasteiger partial charge in [-0.3, -0.25) is 9.78 Å². The van der Waals surface area contributed by atoms with Crippen molar-refractivity contribution in [2.75, 3.05) is 11.9 Å². The van der Waals surface area contributed by atoms with Crippen LogP contribution in [-0.2, 0) is 4.79 Å². The molecule has 5 nitrogen and oxygen atoms in total. The summed E-state index contributed by atoms with van der Waals surface area (Å²) in [7, 11) is 0. The number of carbonyl (C=O) groups is 1. The molecular formula is C24H21N3O2. The Bertz CT molecular complexity index is 1160. The van der Waals surface area contributed by atoms with Crippen molar-refractivity contribution in [1.82, 2.24) is 10.3 Å². The van der Waals surface area contributed by atoms with Gasteiger partial charge in [0.05, 0.1) is 6.04 Å². The minimum absolute atomic E-state index is 0.0114. The highest BCUT2D eigenvalue weighted by atomic mass is 16.3. The maximum Gasteiger partial charge on any atom is 0.241 e. The van der Waals surface area contributed by atoms with Crippen LogP contribution in [0.25, 0.3) is 33.6 Å². The fourth-order valence-corrected chi connectivity index (χ4v) is 3.81. The van der Waals surface area contributed by atoms with E-state index in [9.17, 15) is 4.79 Å². The minimum Gasteiger partial charge on any atom is -0.454 e. The summed E-state index contributed by atoms with van der Waals surface area (Å²) in [6.07, 6.45) is 3.71. The molecule has 2 aromatic heterocycles. The first-order chi connectivity index (χ1) is 14.3. The number of anilines is 1. The second-order valence-corrected chi connectivity index (χ2v) is 7.27. The van der Waals surface area contributed by atoms with Crippen molar-refractivity contribution in [3.63, 3.8) is 0 Å². The van der Waals surface area contributed by atoms with E-state index < -0.39 is 0 Å². The van der Waals surface area contributed by atoms with Gasteiger partial charge in [0.25, 0.3) is 0 Å². The average molecular weight is 383 g/mol. The molecule has 2 aromatic carbocycles. The quantitative estimate of drug-likeness (QED) is 0.528. The van der Waals surface area contributed by atoms with E-state index in [1.165, 1.54) is 0 Å². The van der Waals surface area contributed by atoms with Gasteiger partial charge in [0.2, 0.25) is 5.91 Å². The molecule has 0 spiro atoms. The van der Waals surface area contributed by atoms with E-state index >= 15 is 0 Å². The van der Waals surface area contributed by atoms with Crippen LogP contribution in [-0.4, -0.2) is 23.5 Å². The first kappa shape index (κ1) is 17.6. The number of furan rings is 1. The minimum atomic E-state index is -0.109. The zero-order valence-electron chi connectivity index (χ0n) is 15.9. The summed E-state index contributed by atoms with van der Waals surface area (Å²) in [5.74, 6) is 0.739. The van der Waals surface area contributed by atoms with E-state index in [0.717, 1.165) is 58.6 Å². The SMILES string of the molecule is O=C(Nc1cccc(-c2cc3nccc(-c4ccccc4)c3o2)c1)C1CCCN1. The molecule has 5 heteroatoms. The standard InChI is InChI=1S/C24H21N3O2/c28-24(20-10-5-12-25-20)27-18-9-4-8-17(14-18)22-15-21-23(29-22)19(11-13-26-21)16-6-2-1-3-7-16/h1-4,6-9,11,13-15,20,25H,5,10,12H2,(H,27,28). The predicted octanol–water partition coefficient (Wildman–Crippen LogP) is 4.85. The number of nitrogens with zero attached hydrogens (tertiary/aromatic N) is 1. The van der Waals surface area contributed by atoms with Crippen molar-refractivity contribution in [1.29, 1.82) is 0 Å². The largest absolute Gasteiger partial charge is 0.454 e. The Balaban J connectivity index is 1.47. The van der Waals surface area contributed by atoms with Gasteiger partial charge in [-0.2, -0.15) is 0 Å². The van der Waals surface area contributed by atoms with Crippen LogP contribution in [0.3, 0.4) is 0 Å². The lowest BCUT2D eigenvalue weighted by molar-refractivity contribution is -0.117. The van der Waals surface area contributed by atoms with Crippen molar-refractivity contribution in [2.24, 2.45) is 0 Å². The summed E-state index contributed by atoms with van der Waals surface area (Å²) in [6, 6.07) is 21.7. The third-order valence-electron chi connectivity index (χ3n) is 5.29. The Labute approximate surface area is 168 Å². The van der Waals surface area contributed by atoms with Crippen LogP contribution in [0.2, 0.25) is 0 Å². The second-order valence-electron chi connectivity index (χ2n) is 7.27. The molecular weight excluding hydrogens is 362 g/mol. The number of hydrogen-bond acceptors (Lipinski definition) is 4. The first-order valence-electron chi connectivity index (χ1n) is 9.86. The van der Waals surface area contributed by atoms with E-state index in [0.29, 0.717) is 0 Å². The summed E-state index contributed by atoms with van der Waals surface area (Å²) < 4.78 is 6.21. The molecule has 0 aliphatic carbocycles. The summed E-state index contributed by atoms with van der Waals surface area (Å²) in [5, 5.41) is 6.23. The van der Waals surface area contributed by atoms with Gasteiger partial charge in [0.15, 0.2) is 5.58 Å². The van der Waals surface area contributed by atoms with Crippen molar-refractivity contribution >= 4 is 22.7 Å². The van der Waals surface area contributed by atoms with E-state index in [2.05, 4.69) is 27.8 Å². The number of carbonyl (C=O) groups excluding carboxylic acids is 1. The number of hydrogen-bond donors (Lipinski definition) is 2. The zero-order chi connectivity index (χ0) is 19.6. The third kappa shape index (κ3) is 3.52. The van der Waals surface area contributed by atoms with Crippen molar-refractivity contribution in [3.05, 3.63) is 72.9 Å². The van der Waals surface area contributed by atoms with E-state index in [4.69, 9.17) is 4.42 Å². The number of aromatic nitrogens is 1. The normalized spacial score (nSPS) is 16.2. The Hall–Kier alpha value is -3.44. The van der Waals surface area contributed by atoms with Crippen LogP contribution in [0, 0.1) is 0 Å². The third-order valence-corrected chi connectivity index (χ3v) is 5.29. The number of nitrogens with one attached hydrogen (secondary N) is 2. The van der Waals surface area contributed by atoms with E-state index in [1.807, 2.05) is 54.6 Å². The van der Waals surface area contributed by atoms with Gasteiger partial charge in [0, 0.05) is 29.1 Å². The maximum atomic E-state index is 12.4. The zero-order valence-corrected chi connectivity index (χ0v) is 15.9. The van der Waals surface area contributed by atoms with Gasteiger partial charge < -0.3 is 15.1 Å². The molecule has 5 rings (SSSR count). The van der Waals surface area contributed by atoms with Crippen LogP contribution in [0.4, 0.5) is 5.69 Å². The molecule has 144 valence electrons. The lowest BCUT2D eigenvalue weighted by Gasteiger charge is -2.11. The number of rotatable bonds is 4.